The molecular weight excluding hydrogens is 1370 g/mol. The van der Waals surface area contributed by atoms with Gasteiger partial charge in [0.1, 0.15) is 0 Å². The van der Waals surface area contributed by atoms with Crippen molar-refractivity contribution < 1.29 is 42.6 Å². The van der Waals surface area contributed by atoms with Crippen LogP contribution in [0.2, 0.25) is 0 Å². The van der Waals surface area contributed by atoms with E-state index in [1.165, 1.54) is 295 Å². The molecule has 9 nitrogen and oxygen atoms in total. The molecular formula is C102H196O9. The summed E-state index contributed by atoms with van der Waals surface area (Å²) in [6, 6.07) is 0. The predicted molar refractivity (Wildman–Crippen MR) is 475 cm³/mol. The first-order valence-electron chi connectivity index (χ1n) is 49.6. The summed E-state index contributed by atoms with van der Waals surface area (Å²) in [5.74, 6) is 8.71. The maximum Gasteiger partial charge on any atom is 0.0524 e. The van der Waals surface area contributed by atoms with Crippen molar-refractivity contribution in [2.24, 2.45) is 102 Å². The average molecular weight is 1570 g/mol. The highest BCUT2D eigenvalue weighted by Crippen LogP contribution is 2.62. The van der Waals surface area contributed by atoms with Gasteiger partial charge in [-0.05, 0) is 331 Å². The third kappa shape index (κ3) is 33.5. The molecule has 14 rings (SSSR count). The summed E-state index contributed by atoms with van der Waals surface area (Å²) < 4.78 is 50.3. The molecule has 0 spiro atoms. The Morgan fingerprint density at radius 2 is 0.559 bits per heavy atom. The van der Waals surface area contributed by atoms with E-state index < -0.39 is 0 Å². The molecule has 0 aromatic rings. The van der Waals surface area contributed by atoms with E-state index in [9.17, 15) is 0 Å². The molecule has 0 saturated heterocycles. The molecule has 0 amide bonds. The molecule has 14 fully saturated rings. The van der Waals surface area contributed by atoms with E-state index in [1.807, 2.05) is 0 Å². The van der Waals surface area contributed by atoms with Gasteiger partial charge >= 0.3 is 0 Å². The maximum atomic E-state index is 5.77. The molecule has 9 heteroatoms. The summed E-state index contributed by atoms with van der Waals surface area (Å²) in [4.78, 5) is 0. The van der Waals surface area contributed by atoms with Gasteiger partial charge in [-0.1, -0.05) is 204 Å². The lowest BCUT2D eigenvalue weighted by atomic mass is 9.46. The van der Waals surface area contributed by atoms with E-state index >= 15 is 0 Å². The maximum absolute atomic E-state index is 5.77. The molecule has 111 heavy (non-hydrogen) atoms. The lowest BCUT2D eigenvalue weighted by Crippen LogP contribution is -2.53. The van der Waals surface area contributed by atoms with E-state index in [1.54, 1.807) is 6.42 Å². The van der Waals surface area contributed by atoms with Gasteiger partial charge in [0.15, 0.2) is 0 Å². The van der Waals surface area contributed by atoms with Gasteiger partial charge in [0.2, 0.25) is 0 Å². The lowest BCUT2D eigenvalue weighted by molar-refractivity contribution is -0.132. The fourth-order valence-corrected chi connectivity index (χ4v) is 24.4. The van der Waals surface area contributed by atoms with Crippen LogP contribution in [0.15, 0.2) is 0 Å². The molecule has 0 heterocycles. The van der Waals surface area contributed by atoms with Crippen molar-refractivity contribution in [3.8, 4) is 0 Å². The van der Waals surface area contributed by atoms with E-state index in [-0.39, 0.29) is 0 Å². The molecule has 658 valence electrons. The lowest BCUT2D eigenvalue weighted by Gasteiger charge is -2.60. The Kier molecular flexibility index (Phi) is 49.3. The van der Waals surface area contributed by atoms with Crippen LogP contribution in [0.25, 0.3) is 0 Å². The van der Waals surface area contributed by atoms with Gasteiger partial charge in [0, 0.05) is 59.5 Å². The van der Waals surface area contributed by atoms with E-state index in [2.05, 4.69) is 132 Å². The molecule has 14 saturated carbocycles. The Morgan fingerprint density at radius 3 is 0.928 bits per heavy atom. The van der Waals surface area contributed by atoms with Crippen molar-refractivity contribution in [3.63, 3.8) is 0 Å². The van der Waals surface area contributed by atoms with Crippen molar-refractivity contribution in [1.29, 1.82) is 0 Å². The molecule has 6 bridgehead atoms. The van der Waals surface area contributed by atoms with Crippen LogP contribution >= 0.6 is 0 Å². The van der Waals surface area contributed by atoms with Crippen LogP contribution in [0.1, 0.15) is 433 Å². The first-order chi connectivity index (χ1) is 53.5. The smallest absolute Gasteiger partial charge is 0.0524 e. The Bertz CT molecular complexity index is 2190. The minimum absolute atomic E-state index is 0.508. The van der Waals surface area contributed by atoms with Gasteiger partial charge in [-0.15, -0.1) is 0 Å². The molecule has 0 aromatic carbocycles. The minimum Gasteiger partial charge on any atom is -0.381 e. The number of ether oxygens (including phenoxy) is 9. The van der Waals surface area contributed by atoms with Crippen LogP contribution in [-0.2, 0) is 42.6 Å². The fourth-order valence-electron chi connectivity index (χ4n) is 24.4. The van der Waals surface area contributed by atoms with Crippen molar-refractivity contribution in [1.82, 2.24) is 0 Å². The zero-order valence-electron chi connectivity index (χ0n) is 78.3. The van der Waals surface area contributed by atoms with Gasteiger partial charge < -0.3 is 42.6 Å². The van der Waals surface area contributed by atoms with E-state index in [0.29, 0.717) is 48.7 Å². The van der Waals surface area contributed by atoms with Crippen LogP contribution in [0, 0.1) is 102 Å². The highest BCUT2D eigenvalue weighted by atomic mass is 16.5. The van der Waals surface area contributed by atoms with Crippen molar-refractivity contribution >= 4 is 0 Å². The van der Waals surface area contributed by atoms with Gasteiger partial charge in [0.25, 0.3) is 0 Å². The number of hydrogen-bond acceptors (Lipinski definition) is 9. The summed E-state index contributed by atoms with van der Waals surface area (Å²) in [5, 5.41) is 0. The molecule has 14 aliphatic carbocycles. The minimum atomic E-state index is 0.508. The molecule has 3 atom stereocenters. The molecule has 0 aliphatic heterocycles. The second-order valence-electron chi connectivity index (χ2n) is 41.3. The van der Waals surface area contributed by atoms with Crippen LogP contribution in [0.3, 0.4) is 0 Å². The van der Waals surface area contributed by atoms with E-state index in [4.69, 9.17) is 42.6 Å². The number of rotatable bonds is 32. The number of hydrogen-bond donors (Lipinski definition) is 0. The van der Waals surface area contributed by atoms with Crippen LogP contribution < -0.4 is 0 Å². The van der Waals surface area contributed by atoms with Crippen molar-refractivity contribution in [3.05, 3.63) is 0 Å². The first kappa shape index (κ1) is 101. The van der Waals surface area contributed by atoms with Crippen LogP contribution in [0.5, 0.6) is 0 Å². The average Bonchev–Trinajstić information content (AvgIpc) is 1.66. The van der Waals surface area contributed by atoms with Gasteiger partial charge in [-0.2, -0.15) is 0 Å². The van der Waals surface area contributed by atoms with Gasteiger partial charge in [0.05, 0.1) is 59.5 Å². The zero-order chi connectivity index (χ0) is 81.0. The monoisotopic (exact) mass is 1570 g/mol. The van der Waals surface area contributed by atoms with Crippen LogP contribution in [-0.4, -0.2) is 119 Å². The van der Waals surface area contributed by atoms with Crippen molar-refractivity contribution in [2.45, 2.75) is 433 Å². The highest BCUT2D eigenvalue weighted by molar-refractivity contribution is 5.05. The fraction of sp³-hybridized carbons (Fsp3) is 1.00. The summed E-state index contributed by atoms with van der Waals surface area (Å²) in [5.41, 5.74) is 4.84. The quantitative estimate of drug-likeness (QED) is 0.0654. The SMILES string of the molecule is CCOCC1(C(C)C)CCCC1.CCOCC1(C(C)C)CCCCC1.CCOCC1(C)C2CC3CC(C2)CC1C3.CCOCC1(C)CC2CCC1C2.CCOCC1(C)CCCC1.CCOCC1(C)CCCCC1.CCOCC1(C2CCCCC2)CCCC1.CCOCC1(CC)CCCC1.CCOCC1(CC)CCCCC1. The molecule has 3 unspecified atom stereocenters. The van der Waals surface area contributed by atoms with E-state index in [0.717, 1.165) is 172 Å². The summed E-state index contributed by atoms with van der Waals surface area (Å²) >= 11 is 0. The molecule has 0 radical (unpaired) electrons. The molecule has 0 aromatic heterocycles. The highest BCUT2D eigenvalue weighted by Gasteiger charge is 2.55. The second kappa shape index (κ2) is 54.1. The summed E-state index contributed by atoms with van der Waals surface area (Å²) in [6.07, 6.45) is 67.0. The largest absolute Gasteiger partial charge is 0.381 e. The topological polar surface area (TPSA) is 83.1 Å². The van der Waals surface area contributed by atoms with Gasteiger partial charge in [-0.3, -0.25) is 0 Å². The summed E-state index contributed by atoms with van der Waals surface area (Å²) in [6.45, 7) is 59.4. The Labute approximate surface area is 693 Å². The third-order valence-corrected chi connectivity index (χ3v) is 32.8. The van der Waals surface area contributed by atoms with Crippen molar-refractivity contribution in [2.75, 3.05) is 119 Å². The zero-order valence-corrected chi connectivity index (χ0v) is 78.3. The Hall–Kier alpha value is -0.360. The van der Waals surface area contributed by atoms with Gasteiger partial charge in [-0.25, -0.2) is 0 Å². The Balaban J connectivity index is 0.000000224. The normalized spacial score (nSPS) is 29.7. The predicted octanol–water partition coefficient (Wildman–Crippen LogP) is 29.3. The molecule has 14 aliphatic rings. The second-order valence-corrected chi connectivity index (χ2v) is 41.3. The molecule has 0 N–H and O–H groups in total. The summed E-state index contributed by atoms with van der Waals surface area (Å²) in [7, 11) is 0. The third-order valence-electron chi connectivity index (χ3n) is 32.8. The Morgan fingerprint density at radius 1 is 0.252 bits per heavy atom. The van der Waals surface area contributed by atoms with Crippen LogP contribution in [0.4, 0.5) is 0 Å². The first-order valence-corrected chi connectivity index (χ1v) is 49.6. The number of fused-ring (bicyclic) bond motifs is 2. The standard InChI is InChI=1S/C14H24O.C14H26O.C12H24O.C11H20O.2C11H22O.2C10H20O.C9H18O/c1-3-15-9-14(2)12-5-10-4-11(7-12)8-13(14)6-10;1-2-15-12-14(10-6-7-11-14)13-8-4-3-5-9-13;1-4-13-10-12(11(2)3)8-6-5-7-9-12;1-3-12-8-11(2)7-9-4-5-10(11)6-9;1-4-12-9-11(10(2)3)7-5-6-8-11;1-3-11(10-12-4-2)8-6-5-7-9-11;1-3-11-9-10(2)7-5-4-6-8-10;1-3-10(9-11-4-2)7-5-6-8-10;1-3-10-8-9(2)6-4-5-7-9/h10-13H,3-9H2,1-2H3;13H,2-12H2,1H3;11H,4-10H2,1-3H3;9-10H,3-8H2,1-2H3;10H,4-9H2,1-3H3;3-10H2,1-2H3;2*3-9H2,1-2H3;3-8H2,1-2H3.